The molecule has 1 fully saturated rings. The number of furan rings is 1. The molecule has 1 amide bonds. The Hall–Kier alpha value is -2.30. The van der Waals surface area contributed by atoms with Crippen molar-refractivity contribution in [1.29, 1.82) is 0 Å². The van der Waals surface area contributed by atoms with Crippen LogP contribution in [-0.2, 0) is 4.79 Å². The van der Waals surface area contributed by atoms with E-state index in [2.05, 4.69) is 0 Å². The third-order valence-corrected chi connectivity index (χ3v) is 3.90. The van der Waals surface area contributed by atoms with Gasteiger partial charge in [0.15, 0.2) is 5.76 Å². The SMILES string of the molecule is Cc1cc2cc(C(=O)N(CC(=O)O)C3CC3)oc2cc1C. The normalized spacial score (nSPS) is 14.4. The van der Waals surface area contributed by atoms with Crippen molar-refractivity contribution in [3.63, 3.8) is 0 Å². The maximum atomic E-state index is 12.5. The predicted molar refractivity (Wildman–Crippen MR) is 77.4 cm³/mol. The number of hydrogen-bond donors (Lipinski definition) is 1. The quantitative estimate of drug-likeness (QED) is 0.938. The summed E-state index contributed by atoms with van der Waals surface area (Å²) in [6.45, 7) is 3.71. The molecule has 2 aromatic rings. The van der Waals surface area contributed by atoms with Gasteiger partial charge in [-0.3, -0.25) is 9.59 Å². The highest BCUT2D eigenvalue weighted by Crippen LogP contribution is 2.30. The number of carboxylic acid groups (broad SMARTS) is 1. The topological polar surface area (TPSA) is 70.8 Å². The molecule has 110 valence electrons. The first kappa shape index (κ1) is 13.7. The molecule has 1 N–H and O–H groups in total. The molecular formula is C16H17NO4. The molecule has 1 aliphatic rings. The summed E-state index contributed by atoms with van der Waals surface area (Å²) in [5.41, 5.74) is 2.89. The average Bonchev–Trinajstić information content (AvgIpc) is 3.17. The van der Waals surface area contributed by atoms with Gasteiger partial charge in [-0.25, -0.2) is 0 Å². The zero-order valence-corrected chi connectivity index (χ0v) is 12.0. The van der Waals surface area contributed by atoms with Gasteiger partial charge >= 0.3 is 5.97 Å². The summed E-state index contributed by atoms with van der Waals surface area (Å²) in [5.74, 6) is -1.13. The van der Waals surface area contributed by atoms with Gasteiger partial charge < -0.3 is 14.4 Å². The second-order valence-electron chi connectivity index (χ2n) is 5.64. The van der Waals surface area contributed by atoms with Crippen LogP contribution in [0.3, 0.4) is 0 Å². The van der Waals surface area contributed by atoms with Gasteiger partial charge in [-0.1, -0.05) is 0 Å². The number of rotatable bonds is 4. The average molecular weight is 287 g/mol. The third kappa shape index (κ3) is 2.63. The summed E-state index contributed by atoms with van der Waals surface area (Å²) in [4.78, 5) is 24.8. The molecule has 0 spiro atoms. The highest BCUT2D eigenvalue weighted by Gasteiger charge is 2.35. The van der Waals surface area contributed by atoms with Crippen LogP contribution in [0.4, 0.5) is 0 Å². The van der Waals surface area contributed by atoms with E-state index in [0.29, 0.717) is 5.58 Å². The minimum Gasteiger partial charge on any atom is -0.480 e. The first-order chi connectivity index (χ1) is 9.95. The van der Waals surface area contributed by atoms with E-state index in [0.717, 1.165) is 29.4 Å². The van der Waals surface area contributed by atoms with Gasteiger partial charge in [-0.05, 0) is 56.0 Å². The fourth-order valence-electron chi connectivity index (χ4n) is 2.45. The first-order valence-electron chi connectivity index (χ1n) is 6.99. The van der Waals surface area contributed by atoms with E-state index in [-0.39, 0.29) is 24.3 Å². The van der Waals surface area contributed by atoms with Crippen LogP contribution >= 0.6 is 0 Å². The predicted octanol–water partition coefficient (Wildman–Crippen LogP) is 2.74. The molecule has 0 bridgehead atoms. The largest absolute Gasteiger partial charge is 0.480 e. The minimum atomic E-state index is -1.00. The molecule has 1 aromatic heterocycles. The second-order valence-corrected chi connectivity index (χ2v) is 5.64. The number of nitrogens with zero attached hydrogens (tertiary/aromatic N) is 1. The standard InChI is InChI=1S/C16H17NO4/c1-9-5-11-7-14(21-13(11)6-10(9)2)16(20)17(8-15(18)19)12-3-4-12/h5-7,12H,3-4,8H2,1-2H3,(H,18,19). The number of carbonyl (C=O) groups is 2. The molecule has 5 heteroatoms. The fourth-order valence-corrected chi connectivity index (χ4v) is 2.45. The van der Waals surface area contributed by atoms with Crippen molar-refractivity contribution in [3.05, 3.63) is 35.1 Å². The summed E-state index contributed by atoms with van der Waals surface area (Å²) in [5, 5.41) is 9.81. The van der Waals surface area contributed by atoms with E-state index in [4.69, 9.17) is 9.52 Å². The summed E-state index contributed by atoms with van der Waals surface area (Å²) in [6.07, 6.45) is 1.72. The molecule has 1 aromatic carbocycles. The van der Waals surface area contributed by atoms with Crippen molar-refractivity contribution >= 4 is 22.8 Å². The summed E-state index contributed by atoms with van der Waals surface area (Å²) < 4.78 is 5.62. The molecule has 0 saturated heterocycles. The number of carbonyl (C=O) groups excluding carboxylic acids is 1. The molecule has 21 heavy (non-hydrogen) atoms. The van der Waals surface area contributed by atoms with Crippen LogP contribution in [0.25, 0.3) is 11.0 Å². The Bertz CT molecular complexity index is 688. The van der Waals surface area contributed by atoms with Crippen LogP contribution < -0.4 is 0 Å². The summed E-state index contributed by atoms with van der Waals surface area (Å²) in [7, 11) is 0. The van der Waals surface area contributed by atoms with Crippen molar-refractivity contribution in [2.24, 2.45) is 0 Å². The van der Waals surface area contributed by atoms with Crippen LogP contribution in [0.2, 0.25) is 0 Å². The molecule has 0 radical (unpaired) electrons. The maximum Gasteiger partial charge on any atom is 0.323 e. The summed E-state index contributed by atoms with van der Waals surface area (Å²) in [6, 6.07) is 5.61. The maximum absolute atomic E-state index is 12.5. The molecule has 1 heterocycles. The molecule has 5 nitrogen and oxygen atoms in total. The van der Waals surface area contributed by atoms with Crippen LogP contribution in [0.15, 0.2) is 22.6 Å². The van der Waals surface area contributed by atoms with E-state index in [1.807, 2.05) is 26.0 Å². The van der Waals surface area contributed by atoms with Gasteiger partial charge in [0, 0.05) is 11.4 Å². The number of amides is 1. The van der Waals surface area contributed by atoms with Gasteiger partial charge in [-0.2, -0.15) is 0 Å². The van der Waals surface area contributed by atoms with E-state index in [9.17, 15) is 9.59 Å². The van der Waals surface area contributed by atoms with Crippen LogP contribution in [-0.4, -0.2) is 34.5 Å². The zero-order chi connectivity index (χ0) is 15.1. The molecule has 0 aliphatic heterocycles. The van der Waals surface area contributed by atoms with Crippen molar-refractivity contribution in [3.8, 4) is 0 Å². The second kappa shape index (κ2) is 4.91. The smallest absolute Gasteiger partial charge is 0.323 e. The molecule has 1 saturated carbocycles. The number of carboxylic acids is 1. The van der Waals surface area contributed by atoms with E-state index < -0.39 is 5.97 Å². The van der Waals surface area contributed by atoms with Crippen molar-refractivity contribution in [2.45, 2.75) is 32.7 Å². The molecule has 3 rings (SSSR count). The van der Waals surface area contributed by atoms with Gasteiger partial charge in [0.05, 0.1) is 0 Å². The Labute approximate surface area is 122 Å². The van der Waals surface area contributed by atoms with Crippen LogP contribution in [0.5, 0.6) is 0 Å². The number of aliphatic carboxylic acids is 1. The van der Waals surface area contributed by atoms with Crippen LogP contribution in [0, 0.1) is 13.8 Å². The van der Waals surface area contributed by atoms with Gasteiger partial charge in [0.2, 0.25) is 0 Å². The van der Waals surface area contributed by atoms with Gasteiger partial charge in [-0.15, -0.1) is 0 Å². The zero-order valence-electron chi connectivity index (χ0n) is 12.0. The van der Waals surface area contributed by atoms with Crippen molar-refractivity contribution in [2.75, 3.05) is 6.54 Å². The van der Waals surface area contributed by atoms with Crippen molar-refractivity contribution < 1.29 is 19.1 Å². The fraction of sp³-hybridized carbons (Fsp3) is 0.375. The van der Waals surface area contributed by atoms with Gasteiger partial charge in [0.25, 0.3) is 5.91 Å². The molecule has 1 aliphatic carbocycles. The Balaban J connectivity index is 1.94. The Morgan fingerprint density at radius 1 is 1.24 bits per heavy atom. The lowest BCUT2D eigenvalue weighted by atomic mass is 10.1. The minimum absolute atomic E-state index is 0.0327. The Kier molecular flexibility index (Phi) is 3.20. The highest BCUT2D eigenvalue weighted by molar-refractivity contribution is 5.97. The summed E-state index contributed by atoms with van der Waals surface area (Å²) >= 11 is 0. The number of aryl methyl sites for hydroxylation is 2. The van der Waals surface area contributed by atoms with E-state index in [1.54, 1.807) is 6.07 Å². The number of fused-ring (bicyclic) bond motifs is 1. The van der Waals surface area contributed by atoms with Crippen LogP contribution in [0.1, 0.15) is 34.5 Å². The van der Waals surface area contributed by atoms with Gasteiger partial charge in [0.1, 0.15) is 12.1 Å². The lowest BCUT2D eigenvalue weighted by Gasteiger charge is -2.18. The van der Waals surface area contributed by atoms with Crippen molar-refractivity contribution in [1.82, 2.24) is 4.90 Å². The van der Waals surface area contributed by atoms with E-state index >= 15 is 0 Å². The monoisotopic (exact) mass is 287 g/mol. The number of hydrogen-bond acceptors (Lipinski definition) is 3. The molecular weight excluding hydrogens is 270 g/mol. The Morgan fingerprint density at radius 2 is 1.90 bits per heavy atom. The lowest BCUT2D eigenvalue weighted by Crippen LogP contribution is -2.37. The first-order valence-corrected chi connectivity index (χ1v) is 6.99. The molecule has 0 atom stereocenters. The Morgan fingerprint density at radius 3 is 2.52 bits per heavy atom. The lowest BCUT2D eigenvalue weighted by molar-refractivity contribution is -0.137. The highest BCUT2D eigenvalue weighted by atomic mass is 16.4. The number of benzene rings is 1. The third-order valence-electron chi connectivity index (χ3n) is 3.90. The molecule has 0 unspecified atom stereocenters. The van der Waals surface area contributed by atoms with E-state index in [1.165, 1.54) is 4.90 Å².